The Bertz CT molecular complexity index is 582. The number of rotatable bonds is 6. The van der Waals surface area contributed by atoms with Gasteiger partial charge in [0.15, 0.2) is 0 Å². The highest BCUT2D eigenvalue weighted by atomic mass is 32.2. The molecule has 18 heavy (non-hydrogen) atoms. The highest BCUT2D eigenvalue weighted by Crippen LogP contribution is 2.10. The Labute approximate surface area is 107 Å². The Kier molecular flexibility index (Phi) is 5.31. The van der Waals surface area contributed by atoms with Crippen molar-refractivity contribution in [2.24, 2.45) is 0 Å². The lowest BCUT2D eigenvalue weighted by molar-refractivity contribution is 0.577. The van der Waals surface area contributed by atoms with Gasteiger partial charge in [0.05, 0.1) is 22.6 Å². The van der Waals surface area contributed by atoms with E-state index in [1.807, 2.05) is 12.1 Å². The van der Waals surface area contributed by atoms with Crippen LogP contribution in [0.5, 0.6) is 0 Å². The second-order valence-corrected chi connectivity index (χ2v) is 5.42. The molecule has 94 valence electrons. The van der Waals surface area contributed by atoms with Crippen molar-refractivity contribution < 1.29 is 8.42 Å². The van der Waals surface area contributed by atoms with Gasteiger partial charge in [-0.05, 0) is 31.0 Å². The van der Waals surface area contributed by atoms with E-state index >= 15 is 0 Å². The van der Waals surface area contributed by atoms with Crippen LogP contribution in [-0.2, 0) is 10.0 Å². The molecule has 0 aliphatic carbocycles. The molecule has 0 bridgehead atoms. The molecule has 0 saturated carbocycles. The predicted octanol–water partition coefficient (Wildman–Crippen LogP) is 1.53. The van der Waals surface area contributed by atoms with E-state index in [0.29, 0.717) is 31.4 Å². The van der Waals surface area contributed by atoms with Crippen molar-refractivity contribution in [2.75, 3.05) is 6.54 Å². The van der Waals surface area contributed by atoms with Crippen molar-refractivity contribution in [1.82, 2.24) is 4.72 Å². The fraction of sp³-hybridized carbons (Fsp3) is 0.333. The van der Waals surface area contributed by atoms with Gasteiger partial charge >= 0.3 is 0 Å². The lowest BCUT2D eigenvalue weighted by atomic mass is 10.2. The standard InChI is InChI=1S/C12H13N3O2S/c13-7-2-1-3-8-15-18(16,17)12-6-4-5-11(9-12)10-14/h4-6,9,15H,1-3,8H2. The number of nitrogens with zero attached hydrogens (tertiary/aromatic N) is 2. The van der Waals surface area contributed by atoms with Crippen LogP contribution >= 0.6 is 0 Å². The quantitative estimate of drug-likeness (QED) is 0.787. The fourth-order valence-electron chi connectivity index (χ4n) is 1.35. The molecular formula is C12H13N3O2S. The second-order valence-electron chi connectivity index (χ2n) is 3.65. The summed E-state index contributed by atoms with van der Waals surface area (Å²) in [6, 6.07) is 9.75. The van der Waals surface area contributed by atoms with Crippen molar-refractivity contribution >= 4 is 10.0 Å². The molecule has 0 amide bonds. The number of nitriles is 2. The molecule has 1 aromatic rings. The monoisotopic (exact) mass is 263 g/mol. The molecule has 0 heterocycles. The van der Waals surface area contributed by atoms with E-state index in [9.17, 15) is 8.42 Å². The molecule has 6 heteroatoms. The predicted molar refractivity (Wildman–Crippen MR) is 65.8 cm³/mol. The Hall–Kier alpha value is -1.89. The highest BCUT2D eigenvalue weighted by molar-refractivity contribution is 7.89. The van der Waals surface area contributed by atoms with Crippen LogP contribution in [0.2, 0.25) is 0 Å². The largest absolute Gasteiger partial charge is 0.240 e. The van der Waals surface area contributed by atoms with Crippen molar-refractivity contribution in [3.05, 3.63) is 29.8 Å². The summed E-state index contributed by atoms with van der Waals surface area (Å²) in [5, 5.41) is 17.0. The van der Waals surface area contributed by atoms with Crippen molar-refractivity contribution in [1.29, 1.82) is 10.5 Å². The summed E-state index contributed by atoms with van der Waals surface area (Å²) in [7, 11) is -3.56. The van der Waals surface area contributed by atoms with Gasteiger partial charge < -0.3 is 0 Å². The number of hydrogen-bond acceptors (Lipinski definition) is 4. The number of hydrogen-bond donors (Lipinski definition) is 1. The minimum Gasteiger partial charge on any atom is -0.211 e. The van der Waals surface area contributed by atoms with Crippen LogP contribution in [0.3, 0.4) is 0 Å². The van der Waals surface area contributed by atoms with Crippen molar-refractivity contribution in [3.8, 4) is 12.1 Å². The summed E-state index contributed by atoms with van der Waals surface area (Å²) >= 11 is 0. The molecule has 1 aromatic carbocycles. The van der Waals surface area contributed by atoms with Crippen LogP contribution in [-0.4, -0.2) is 15.0 Å². The van der Waals surface area contributed by atoms with E-state index < -0.39 is 10.0 Å². The van der Waals surface area contributed by atoms with Gasteiger partial charge in [-0.1, -0.05) is 6.07 Å². The first-order valence-electron chi connectivity index (χ1n) is 5.47. The molecule has 0 aromatic heterocycles. The van der Waals surface area contributed by atoms with Gasteiger partial charge in [0, 0.05) is 13.0 Å². The van der Waals surface area contributed by atoms with Crippen LogP contribution in [0.15, 0.2) is 29.2 Å². The molecule has 5 nitrogen and oxygen atoms in total. The fourth-order valence-corrected chi connectivity index (χ4v) is 2.47. The maximum absolute atomic E-state index is 11.8. The van der Waals surface area contributed by atoms with Crippen molar-refractivity contribution in [2.45, 2.75) is 24.2 Å². The number of benzene rings is 1. The van der Waals surface area contributed by atoms with Crippen LogP contribution in [0.4, 0.5) is 0 Å². The maximum atomic E-state index is 11.8. The summed E-state index contributed by atoms with van der Waals surface area (Å²) in [6.45, 7) is 0.292. The molecule has 0 fully saturated rings. The summed E-state index contributed by atoms with van der Waals surface area (Å²) in [6.07, 6.45) is 1.70. The Morgan fingerprint density at radius 3 is 2.67 bits per heavy atom. The normalized spacial score (nSPS) is 10.6. The van der Waals surface area contributed by atoms with Crippen LogP contribution < -0.4 is 4.72 Å². The maximum Gasteiger partial charge on any atom is 0.240 e. The molecule has 0 atom stereocenters. The van der Waals surface area contributed by atoms with Crippen LogP contribution in [0, 0.1) is 22.7 Å². The van der Waals surface area contributed by atoms with E-state index in [1.165, 1.54) is 18.2 Å². The highest BCUT2D eigenvalue weighted by Gasteiger charge is 2.13. The van der Waals surface area contributed by atoms with Gasteiger partial charge in [0.1, 0.15) is 0 Å². The van der Waals surface area contributed by atoms with Crippen LogP contribution in [0.25, 0.3) is 0 Å². The first kappa shape index (κ1) is 14.2. The SMILES string of the molecule is N#CCCCCNS(=O)(=O)c1cccc(C#N)c1. The third-order valence-electron chi connectivity index (χ3n) is 2.28. The van der Waals surface area contributed by atoms with Gasteiger partial charge in [-0.2, -0.15) is 10.5 Å². The first-order valence-corrected chi connectivity index (χ1v) is 6.95. The summed E-state index contributed by atoms with van der Waals surface area (Å²) in [5.74, 6) is 0. The van der Waals surface area contributed by atoms with E-state index in [2.05, 4.69) is 4.72 Å². The van der Waals surface area contributed by atoms with Gasteiger partial charge in [-0.15, -0.1) is 0 Å². The molecule has 0 unspecified atom stereocenters. The van der Waals surface area contributed by atoms with Gasteiger partial charge in [-0.3, -0.25) is 0 Å². The second kappa shape index (κ2) is 6.75. The molecule has 1 N–H and O–H groups in total. The third-order valence-corrected chi connectivity index (χ3v) is 3.74. The van der Waals surface area contributed by atoms with E-state index in [0.717, 1.165) is 0 Å². The zero-order chi connectivity index (χ0) is 13.4. The molecule has 0 saturated heterocycles. The molecule has 1 rings (SSSR count). The third kappa shape index (κ3) is 4.17. The minimum absolute atomic E-state index is 0.0850. The van der Waals surface area contributed by atoms with Gasteiger partial charge in [0.25, 0.3) is 0 Å². The van der Waals surface area contributed by atoms with E-state index in [1.54, 1.807) is 6.07 Å². The summed E-state index contributed by atoms with van der Waals surface area (Å²) in [5.41, 5.74) is 0.308. The molecule has 0 aliphatic heterocycles. The van der Waals surface area contributed by atoms with E-state index in [-0.39, 0.29) is 4.90 Å². The zero-order valence-corrected chi connectivity index (χ0v) is 10.6. The number of sulfonamides is 1. The Morgan fingerprint density at radius 1 is 1.22 bits per heavy atom. The first-order chi connectivity index (χ1) is 8.60. The van der Waals surface area contributed by atoms with Gasteiger partial charge in [0.2, 0.25) is 10.0 Å². The van der Waals surface area contributed by atoms with Crippen LogP contribution in [0.1, 0.15) is 24.8 Å². The Morgan fingerprint density at radius 2 is 2.00 bits per heavy atom. The zero-order valence-electron chi connectivity index (χ0n) is 9.76. The topological polar surface area (TPSA) is 93.8 Å². The summed E-state index contributed by atoms with van der Waals surface area (Å²) in [4.78, 5) is 0.0850. The lowest BCUT2D eigenvalue weighted by Crippen LogP contribution is -2.24. The lowest BCUT2D eigenvalue weighted by Gasteiger charge is -2.06. The summed E-state index contributed by atoms with van der Waals surface area (Å²) < 4.78 is 26.1. The van der Waals surface area contributed by atoms with Crippen molar-refractivity contribution in [3.63, 3.8) is 0 Å². The molecular weight excluding hydrogens is 250 g/mol. The molecule has 0 spiro atoms. The average Bonchev–Trinajstić information content (AvgIpc) is 2.38. The van der Waals surface area contributed by atoms with Gasteiger partial charge in [-0.25, -0.2) is 13.1 Å². The number of nitrogens with one attached hydrogen (secondary N) is 1. The Balaban J connectivity index is 2.64. The molecule has 0 radical (unpaired) electrons. The van der Waals surface area contributed by atoms with E-state index in [4.69, 9.17) is 10.5 Å². The minimum atomic E-state index is -3.56. The molecule has 0 aliphatic rings. The average molecular weight is 263 g/mol. The number of unbranched alkanes of at least 4 members (excludes halogenated alkanes) is 2. The smallest absolute Gasteiger partial charge is 0.211 e.